The molecular weight excluding hydrogens is 449 g/mol. The Morgan fingerprint density at radius 1 is 1.29 bits per heavy atom. The SMILES string of the molecule is CO[C@H]1C[C@@H](C(=O)Cc2ccc(F)nc2)N(c2nc(NC3=NCC(C4CC4)=C3)c3cccn3n2)C1. The third-order valence-corrected chi connectivity index (χ3v) is 6.87. The molecule has 1 saturated heterocycles. The average Bonchev–Trinajstić information content (AvgIpc) is 3.24. The minimum Gasteiger partial charge on any atom is -0.380 e. The Morgan fingerprint density at radius 3 is 2.94 bits per heavy atom. The van der Waals surface area contributed by atoms with E-state index in [4.69, 9.17) is 14.8 Å². The van der Waals surface area contributed by atoms with Crippen LogP contribution in [0.4, 0.5) is 16.2 Å². The minimum absolute atomic E-state index is 0.0131. The molecule has 0 unspecified atom stereocenters. The highest BCUT2D eigenvalue weighted by atomic mass is 19.1. The summed E-state index contributed by atoms with van der Waals surface area (Å²) in [5, 5.41) is 8.07. The Labute approximate surface area is 201 Å². The molecule has 35 heavy (non-hydrogen) atoms. The third kappa shape index (κ3) is 4.41. The fourth-order valence-corrected chi connectivity index (χ4v) is 4.80. The summed E-state index contributed by atoms with van der Waals surface area (Å²) in [6, 6.07) is 6.24. The lowest BCUT2D eigenvalue weighted by atomic mass is 10.0. The summed E-state index contributed by atoms with van der Waals surface area (Å²) >= 11 is 0. The van der Waals surface area contributed by atoms with Crippen molar-refractivity contribution in [3.05, 3.63) is 59.8 Å². The van der Waals surface area contributed by atoms with Crippen molar-refractivity contribution in [2.45, 2.75) is 37.8 Å². The Kier molecular flexibility index (Phi) is 5.52. The first-order valence-corrected chi connectivity index (χ1v) is 11.9. The molecule has 0 radical (unpaired) electrons. The average molecular weight is 476 g/mol. The van der Waals surface area contributed by atoms with Crippen LogP contribution in [0.2, 0.25) is 0 Å². The van der Waals surface area contributed by atoms with E-state index in [2.05, 4.69) is 21.4 Å². The molecule has 0 spiro atoms. The zero-order chi connectivity index (χ0) is 23.9. The highest BCUT2D eigenvalue weighted by molar-refractivity contribution is 6.07. The normalized spacial score (nSPS) is 21.9. The number of carbonyl (C=O) groups is 1. The molecule has 0 aromatic carbocycles. The highest BCUT2D eigenvalue weighted by Crippen LogP contribution is 2.38. The zero-order valence-electron chi connectivity index (χ0n) is 19.4. The molecule has 2 aliphatic heterocycles. The van der Waals surface area contributed by atoms with Gasteiger partial charge < -0.3 is 15.0 Å². The number of fused-ring (bicyclic) bond motifs is 1. The number of aliphatic imine (C=N–C) groups is 1. The maximum Gasteiger partial charge on any atom is 0.246 e. The fraction of sp³-hybridized carbons (Fsp3) is 0.400. The number of carbonyl (C=O) groups excluding carboxylic acids is 1. The van der Waals surface area contributed by atoms with Gasteiger partial charge in [0.2, 0.25) is 11.9 Å². The van der Waals surface area contributed by atoms with Crippen molar-refractivity contribution in [3.8, 4) is 0 Å². The summed E-state index contributed by atoms with van der Waals surface area (Å²) < 4.78 is 20.6. The van der Waals surface area contributed by atoms with Crippen molar-refractivity contribution < 1.29 is 13.9 Å². The first kappa shape index (κ1) is 21.8. The Morgan fingerprint density at radius 2 is 2.17 bits per heavy atom. The van der Waals surface area contributed by atoms with Crippen LogP contribution in [0.15, 0.2) is 53.3 Å². The van der Waals surface area contributed by atoms with Crippen LogP contribution in [0.5, 0.6) is 0 Å². The van der Waals surface area contributed by atoms with Crippen molar-refractivity contribution in [2.24, 2.45) is 10.9 Å². The van der Waals surface area contributed by atoms with Gasteiger partial charge in [-0.3, -0.25) is 9.79 Å². The van der Waals surface area contributed by atoms with Crippen molar-refractivity contribution in [1.82, 2.24) is 19.6 Å². The van der Waals surface area contributed by atoms with Gasteiger partial charge in [0.25, 0.3) is 0 Å². The summed E-state index contributed by atoms with van der Waals surface area (Å²) in [5.74, 6) is 1.97. The van der Waals surface area contributed by atoms with Crippen molar-refractivity contribution in [1.29, 1.82) is 0 Å². The molecule has 3 aromatic heterocycles. The molecule has 3 aliphatic rings. The van der Waals surface area contributed by atoms with Gasteiger partial charge in [0.15, 0.2) is 11.6 Å². The molecule has 2 atom stereocenters. The maximum absolute atomic E-state index is 13.3. The lowest BCUT2D eigenvalue weighted by molar-refractivity contribution is -0.119. The third-order valence-electron chi connectivity index (χ3n) is 6.87. The van der Waals surface area contributed by atoms with E-state index in [0.29, 0.717) is 36.2 Å². The van der Waals surface area contributed by atoms with E-state index in [1.54, 1.807) is 17.7 Å². The molecule has 2 fully saturated rings. The molecule has 1 saturated carbocycles. The second-order valence-electron chi connectivity index (χ2n) is 9.31. The van der Waals surface area contributed by atoms with Crippen LogP contribution in [0.3, 0.4) is 0 Å². The largest absolute Gasteiger partial charge is 0.380 e. The standard InChI is InChI=1S/C25H26FN7O2/c1-35-18-11-20(21(34)9-15-4-7-22(26)27-12-15)32(14-18)25-30-24(19-3-2-8-33(19)31-25)29-23-10-17(13-28-23)16-5-6-16/h2-4,7-8,10,12,16,18,20H,5-6,9,11,13-14H2,1H3,(H,28,29,30,31)/t18-,20-/m0/s1. The predicted molar refractivity (Wildman–Crippen MR) is 129 cm³/mol. The molecule has 3 aromatic rings. The number of aromatic nitrogens is 4. The zero-order valence-corrected chi connectivity index (χ0v) is 19.4. The monoisotopic (exact) mass is 475 g/mol. The van der Waals surface area contributed by atoms with E-state index >= 15 is 0 Å². The van der Waals surface area contributed by atoms with Crippen LogP contribution in [-0.4, -0.2) is 63.5 Å². The van der Waals surface area contributed by atoms with Gasteiger partial charge in [0.05, 0.1) is 18.7 Å². The van der Waals surface area contributed by atoms with Crippen molar-refractivity contribution in [3.63, 3.8) is 0 Å². The minimum atomic E-state index is -0.567. The second-order valence-corrected chi connectivity index (χ2v) is 9.31. The summed E-state index contributed by atoms with van der Waals surface area (Å²) in [7, 11) is 1.64. The van der Waals surface area contributed by atoms with Crippen LogP contribution in [0.25, 0.3) is 5.52 Å². The van der Waals surface area contributed by atoms with E-state index < -0.39 is 12.0 Å². The number of rotatable bonds is 7. The van der Waals surface area contributed by atoms with Crippen molar-refractivity contribution >= 4 is 28.9 Å². The first-order chi connectivity index (χ1) is 17.1. The number of nitrogens with one attached hydrogen (secondary N) is 1. The quantitative estimate of drug-likeness (QED) is 0.525. The Hall–Kier alpha value is -3.66. The van der Waals surface area contributed by atoms with Crippen LogP contribution in [0, 0.1) is 11.9 Å². The smallest absolute Gasteiger partial charge is 0.246 e. The van der Waals surface area contributed by atoms with E-state index in [9.17, 15) is 9.18 Å². The Balaban J connectivity index is 1.29. The second kappa shape index (κ2) is 8.84. The van der Waals surface area contributed by atoms with Crippen molar-refractivity contribution in [2.75, 3.05) is 30.4 Å². The molecule has 1 N–H and O–H groups in total. The van der Waals surface area contributed by atoms with Crippen LogP contribution in [-0.2, 0) is 16.0 Å². The fourth-order valence-electron chi connectivity index (χ4n) is 4.80. The van der Waals surface area contributed by atoms with E-state index in [0.717, 1.165) is 17.9 Å². The number of hydrogen-bond acceptors (Lipinski definition) is 8. The highest BCUT2D eigenvalue weighted by Gasteiger charge is 2.39. The van der Waals surface area contributed by atoms with Crippen LogP contribution < -0.4 is 10.2 Å². The summed E-state index contributed by atoms with van der Waals surface area (Å²) in [6.45, 7) is 1.23. The van der Waals surface area contributed by atoms with Gasteiger partial charge in [-0.05, 0) is 54.2 Å². The lowest BCUT2D eigenvalue weighted by Crippen LogP contribution is -2.38. The molecule has 0 amide bonds. The first-order valence-electron chi connectivity index (χ1n) is 11.9. The van der Waals surface area contributed by atoms with Gasteiger partial charge in [0, 0.05) is 38.9 Å². The number of methoxy groups -OCH3 is 1. The molecule has 0 bridgehead atoms. The van der Waals surface area contributed by atoms with E-state index in [1.807, 2.05) is 23.2 Å². The number of amidine groups is 1. The number of Topliss-reactive ketones (excluding diaryl/α,β-unsaturated/α-hetero) is 1. The van der Waals surface area contributed by atoms with Crippen LogP contribution >= 0.6 is 0 Å². The number of pyridine rings is 1. The van der Waals surface area contributed by atoms with Gasteiger partial charge in [-0.15, -0.1) is 5.10 Å². The molecule has 180 valence electrons. The van der Waals surface area contributed by atoms with Gasteiger partial charge >= 0.3 is 0 Å². The molecule has 5 heterocycles. The Bertz CT molecular complexity index is 1330. The molecule has 1 aliphatic carbocycles. The maximum atomic E-state index is 13.3. The van der Waals surface area contributed by atoms with E-state index in [1.165, 1.54) is 30.7 Å². The van der Waals surface area contributed by atoms with Gasteiger partial charge in [-0.25, -0.2) is 9.50 Å². The van der Waals surface area contributed by atoms with Crippen LogP contribution in [0.1, 0.15) is 24.8 Å². The lowest BCUT2D eigenvalue weighted by Gasteiger charge is -2.24. The number of ether oxygens (including phenoxy) is 1. The molecule has 9 nitrogen and oxygen atoms in total. The molecular formula is C25H26FN7O2. The topological polar surface area (TPSA) is 97.0 Å². The molecule has 6 rings (SSSR count). The molecule has 10 heteroatoms. The number of hydrogen-bond donors (Lipinski definition) is 1. The number of halogens is 1. The van der Waals surface area contributed by atoms with Gasteiger partial charge in [-0.2, -0.15) is 9.37 Å². The number of anilines is 2. The number of ketones is 1. The van der Waals surface area contributed by atoms with E-state index in [-0.39, 0.29) is 18.3 Å². The summed E-state index contributed by atoms with van der Waals surface area (Å²) in [4.78, 5) is 28.3. The predicted octanol–water partition coefficient (Wildman–Crippen LogP) is 2.83. The van der Waals surface area contributed by atoms with Gasteiger partial charge in [0.1, 0.15) is 11.4 Å². The summed E-state index contributed by atoms with van der Waals surface area (Å²) in [6.07, 6.45) is 8.42. The number of nitrogens with zero attached hydrogens (tertiary/aromatic N) is 6. The van der Waals surface area contributed by atoms with Gasteiger partial charge in [-0.1, -0.05) is 6.07 Å². The summed E-state index contributed by atoms with van der Waals surface area (Å²) in [5.41, 5.74) is 2.86.